The number of fused-ring (bicyclic) bond motifs is 1. The van der Waals surface area contributed by atoms with Crippen LogP contribution in [0.5, 0.6) is 0 Å². The van der Waals surface area contributed by atoms with E-state index in [9.17, 15) is 13.6 Å². The highest BCUT2D eigenvalue weighted by Gasteiger charge is 2.36. The van der Waals surface area contributed by atoms with E-state index in [4.69, 9.17) is 0 Å². The number of benzene rings is 1. The van der Waals surface area contributed by atoms with Crippen LogP contribution in [0.2, 0.25) is 0 Å². The third kappa shape index (κ3) is 2.54. The molecular formula is C18H20F2N2O. The van der Waals surface area contributed by atoms with Crippen LogP contribution in [-0.2, 0) is 12.0 Å². The molecule has 0 radical (unpaired) electrons. The molecule has 0 saturated carbocycles. The molecule has 1 aromatic carbocycles. The summed E-state index contributed by atoms with van der Waals surface area (Å²) in [6.07, 6.45) is 1.78. The van der Waals surface area contributed by atoms with Crippen molar-refractivity contribution in [2.24, 2.45) is 0 Å². The van der Waals surface area contributed by atoms with Gasteiger partial charge in [0.15, 0.2) is 0 Å². The zero-order valence-corrected chi connectivity index (χ0v) is 13.8. The van der Waals surface area contributed by atoms with Crippen molar-refractivity contribution in [3.8, 4) is 0 Å². The average Bonchev–Trinajstić information content (AvgIpc) is 2.68. The minimum absolute atomic E-state index is 0.0897. The Balaban J connectivity index is 2.11. The third-order valence-corrected chi connectivity index (χ3v) is 4.57. The van der Waals surface area contributed by atoms with Crippen molar-refractivity contribution in [2.45, 2.75) is 32.7 Å². The number of pyridine rings is 1. The van der Waals surface area contributed by atoms with Crippen molar-refractivity contribution >= 4 is 5.69 Å². The van der Waals surface area contributed by atoms with E-state index in [1.807, 2.05) is 14.0 Å². The van der Waals surface area contributed by atoms with E-state index in [0.717, 1.165) is 23.9 Å². The number of nitrogens with zero attached hydrogens (tertiary/aromatic N) is 2. The lowest BCUT2D eigenvalue weighted by molar-refractivity contribution is 0.556. The zero-order chi connectivity index (χ0) is 16.9. The highest BCUT2D eigenvalue weighted by atomic mass is 19.1. The highest BCUT2D eigenvalue weighted by molar-refractivity contribution is 5.63. The molecular weight excluding hydrogens is 298 g/mol. The SMILES string of the molecule is Cc1c2c(cn(Cc3ccc(F)cc3F)c1=O)N(C)CC2(C)C. The van der Waals surface area contributed by atoms with E-state index in [0.29, 0.717) is 11.1 Å². The summed E-state index contributed by atoms with van der Waals surface area (Å²) < 4.78 is 28.4. The molecule has 1 aliphatic rings. The summed E-state index contributed by atoms with van der Waals surface area (Å²) >= 11 is 0. The molecule has 122 valence electrons. The Bertz CT molecular complexity index is 840. The molecule has 1 aromatic heterocycles. The predicted molar refractivity (Wildman–Crippen MR) is 87.2 cm³/mol. The normalized spacial score (nSPS) is 15.8. The number of rotatable bonds is 2. The summed E-state index contributed by atoms with van der Waals surface area (Å²) in [7, 11) is 1.99. The van der Waals surface area contributed by atoms with Gasteiger partial charge < -0.3 is 9.47 Å². The minimum Gasteiger partial charge on any atom is -0.372 e. The van der Waals surface area contributed by atoms with Gasteiger partial charge in [0.25, 0.3) is 5.56 Å². The Morgan fingerprint density at radius 3 is 2.61 bits per heavy atom. The van der Waals surface area contributed by atoms with Crippen LogP contribution in [0.15, 0.2) is 29.2 Å². The smallest absolute Gasteiger partial charge is 0.254 e. The van der Waals surface area contributed by atoms with Crippen molar-refractivity contribution in [1.29, 1.82) is 0 Å². The van der Waals surface area contributed by atoms with Crippen LogP contribution in [0.25, 0.3) is 0 Å². The molecule has 0 spiro atoms. The van der Waals surface area contributed by atoms with Crippen LogP contribution in [0.3, 0.4) is 0 Å². The molecule has 0 unspecified atom stereocenters. The predicted octanol–water partition coefficient (Wildman–Crippen LogP) is 3.21. The molecule has 0 fully saturated rings. The van der Waals surface area contributed by atoms with E-state index in [2.05, 4.69) is 18.7 Å². The molecule has 3 nitrogen and oxygen atoms in total. The quantitative estimate of drug-likeness (QED) is 0.849. The number of hydrogen-bond donors (Lipinski definition) is 0. The lowest BCUT2D eigenvalue weighted by Crippen LogP contribution is -2.28. The maximum Gasteiger partial charge on any atom is 0.254 e. The number of halogens is 2. The average molecular weight is 318 g/mol. The Morgan fingerprint density at radius 1 is 1.26 bits per heavy atom. The lowest BCUT2D eigenvalue weighted by Gasteiger charge is -2.20. The van der Waals surface area contributed by atoms with Gasteiger partial charge in [-0.15, -0.1) is 0 Å². The Kier molecular flexibility index (Phi) is 3.54. The van der Waals surface area contributed by atoms with Gasteiger partial charge in [-0.3, -0.25) is 4.79 Å². The molecule has 23 heavy (non-hydrogen) atoms. The summed E-state index contributed by atoms with van der Waals surface area (Å²) in [5.74, 6) is -1.26. The summed E-state index contributed by atoms with van der Waals surface area (Å²) in [4.78, 5) is 14.8. The van der Waals surface area contributed by atoms with Gasteiger partial charge in [-0.05, 0) is 18.6 Å². The standard InChI is InChI=1S/C18H20F2N2O/c1-11-16-15(21(4)10-18(16,2)3)9-22(17(11)23)8-12-5-6-13(19)7-14(12)20/h5-7,9H,8,10H2,1-4H3. The van der Waals surface area contributed by atoms with Gasteiger partial charge in [-0.25, -0.2) is 8.78 Å². The van der Waals surface area contributed by atoms with Gasteiger partial charge in [-0.2, -0.15) is 0 Å². The van der Waals surface area contributed by atoms with Gasteiger partial charge >= 0.3 is 0 Å². The van der Waals surface area contributed by atoms with Crippen LogP contribution in [0, 0.1) is 18.6 Å². The van der Waals surface area contributed by atoms with Gasteiger partial charge in [0, 0.05) is 42.4 Å². The van der Waals surface area contributed by atoms with Crippen molar-refractivity contribution in [3.63, 3.8) is 0 Å². The summed E-state index contributed by atoms with van der Waals surface area (Å²) in [6, 6.07) is 3.43. The van der Waals surface area contributed by atoms with Gasteiger partial charge in [0.2, 0.25) is 0 Å². The van der Waals surface area contributed by atoms with E-state index in [1.165, 1.54) is 16.7 Å². The molecule has 0 amide bonds. The second-order valence-corrected chi connectivity index (χ2v) is 6.92. The molecule has 2 aromatic rings. The van der Waals surface area contributed by atoms with Crippen LogP contribution >= 0.6 is 0 Å². The second-order valence-electron chi connectivity index (χ2n) is 6.92. The fourth-order valence-corrected chi connectivity index (χ4v) is 3.64. The van der Waals surface area contributed by atoms with Gasteiger partial charge in [0.1, 0.15) is 11.6 Å². The van der Waals surface area contributed by atoms with Gasteiger partial charge in [0.05, 0.1) is 12.2 Å². The van der Waals surface area contributed by atoms with Crippen molar-refractivity contribution < 1.29 is 8.78 Å². The summed E-state index contributed by atoms with van der Waals surface area (Å²) in [5.41, 5.74) is 2.83. The first kappa shape index (κ1) is 15.7. The Labute approximate surface area is 134 Å². The van der Waals surface area contributed by atoms with Crippen LogP contribution in [0.1, 0.15) is 30.5 Å². The van der Waals surface area contributed by atoms with E-state index in [-0.39, 0.29) is 17.5 Å². The molecule has 3 rings (SSSR count). The van der Waals surface area contributed by atoms with Crippen molar-refractivity contribution in [2.75, 3.05) is 18.5 Å². The first-order chi connectivity index (χ1) is 10.7. The molecule has 0 saturated heterocycles. The van der Waals surface area contributed by atoms with Crippen LogP contribution < -0.4 is 10.5 Å². The van der Waals surface area contributed by atoms with Crippen LogP contribution in [-0.4, -0.2) is 18.2 Å². The number of anilines is 1. The minimum atomic E-state index is -0.635. The Morgan fingerprint density at radius 2 is 1.96 bits per heavy atom. The van der Waals surface area contributed by atoms with E-state index in [1.54, 1.807) is 6.20 Å². The summed E-state index contributed by atoms with van der Waals surface area (Å²) in [5, 5.41) is 0. The monoisotopic (exact) mass is 318 g/mol. The fraction of sp³-hybridized carbons (Fsp3) is 0.389. The molecule has 2 heterocycles. The van der Waals surface area contributed by atoms with Crippen molar-refractivity contribution in [1.82, 2.24) is 4.57 Å². The number of hydrogen-bond acceptors (Lipinski definition) is 2. The molecule has 0 aliphatic carbocycles. The molecule has 0 bridgehead atoms. The molecule has 0 N–H and O–H groups in total. The number of aromatic nitrogens is 1. The number of likely N-dealkylation sites (N-methyl/N-ethyl adjacent to an activating group) is 1. The van der Waals surface area contributed by atoms with E-state index < -0.39 is 11.6 Å². The first-order valence-electron chi connectivity index (χ1n) is 7.60. The van der Waals surface area contributed by atoms with Gasteiger partial charge in [-0.1, -0.05) is 19.9 Å². The topological polar surface area (TPSA) is 25.2 Å². The van der Waals surface area contributed by atoms with Crippen LogP contribution in [0.4, 0.5) is 14.5 Å². The maximum atomic E-state index is 13.9. The summed E-state index contributed by atoms with van der Waals surface area (Å²) in [6.45, 7) is 6.97. The van der Waals surface area contributed by atoms with E-state index >= 15 is 0 Å². The zero-order valence-electron chi connectivity index (χ0n) is 13.8. The third-order valence-electron chi connectivity index (χ3n) is 4.57. The Hall–Kier alpha value is -2.17. The first-order valence-corrected chi connectivity index (χ1v) is 7.60. The highest BCUT2D eigenvalue weighted by Crippen LogP contribution is 2.40. The lowest BCUT2D eigenvalue weighted by atomic mass is 9.85. The molecule has 1 aliphatic heterocycles. The molecule has 5 heteroatoms. The maximum absolute atomic E-state index is 13.9. The molecule has 0 atom stereocenters. The largest absolute Gasteiger partial charge is 0.372 e. The van der Waals surface area contributed by atoms with Crippen molar-refractivity contribution in [3.05, 3.63) is 63.1 Å². The fourth-order valence-electron chi connectivity index (χ4n) is 3.64. The second kappa shape index (κ2) is 5.18.